The highest BCUT2D eigenvalue weighted by atomic mass is 19.1. The van der Waals surface area contributed by atoms with E-state index in [4.69, 9.17) is 4.74 Å². The first-order chi connectivity index (χ1) is 12.5. The molecule has 1 unspecified atom stereocenters. The molecule has 1 atom stereocenters. The van der Waals surface area contributed by atoms with Gasteiger partial charge >= 0.3 is 0 Å². The van der Waals surface area contributed by atoms with E-state index in [1.54, 1.807) is 7.05 Å². The molecule has 0 radical (unpaired) electrons. The van der Waals surface area contributed by atoms with Crippen LogP contribution in [-0.4, -0.2) is 63.3 Å². The highest BCUT2D eigenvalue weighted by Crippen LogP contribution is 2.12. The lowest BCUT2D eigenvalue weighted by molar-refractivity contribution is 0.00752. The second-order valence-corrected chi connectivity index (χ2v) is 6.83. The fraction of sp³-hybridized carbons (Fsp3) is 0.632. The van der Waals surface area contributed by atoms with Gasteiger partial charge in [0.2, 0.25) is 0 Å². The number of benzene rings is 1. The van der Waals surface area contributed by atoms with Crippen molar-refractivity contribution < 1.29 is 13.5 Å². The van der Waals surface area contributed by atoms with Crippen molar-refractivity contribution >= 4 is 5.96 Å². The fourth-order valence-corrected chi connectivity index (χ4v) is 3.16. The summed E-state index contributed by atoms with van der Waals surface area (Å²) in [6.07, 6.45) is 0.462. The third-order valence-electron chi connectivity index (χ3n) is 4.69. The van der Waals surface area contributed by atoms with Gasteiger partial charge < -0.3 is 15.4 Å². The molecule has 1 saturated heterocycles. The minimum absolute atomic E-state index is 0.395. The Labute approximate surface area is 154 Å². The molecule has 2 rings (SSSR count). The van der Waals surface area contributed by atoms with E-state index in [9.17, 15) is 8.78 Å². The number of guanidine groups is 1. The SMILES string of the molecule is CN=C(NCCc1ccc(F)cc1F)NCC(C(C)C)N1CCOCC1. The molecule has 146 valence electrons. The first-order valence-electron chi connectivity index (χ1n) is 9.21. The van der Waals surface area contributed by atoms with E-state index in [-0.39, 0.29) is 0 Å². The standard InChI is InChI=1S/C19H30F2N4O/c1-14(2)18(25-8-10-26-11-9-25)13-24-19(22-3)23-7-6-15-4-5-16(20)12-17(15)21/h4-5,12,14,18H,6-11,13H2,1-3H3,(H2,22,23,24). The van der Waals surface area contributed by atoms with E-state index in [0.717, 1.165) is 38.9 Å². The van der Waals surface area contributed by atoms with Gasteiger partial charge in [-0.25, -0.2) is 8.78 Å². The van der Waals surface area contributed by atoms with E-state index >= 15 is 0 Å². The number of hydrogen-bond donors (Lipinski definition) is 2. The third kappa shape index (κ3) is 6.21. The molecule has 0 bridgehead atoms. The summed E-state index contributed by atoms with van der Waals surface area (Å²) in [4.78, 5) is 6.68. The molecule has 7 heteroatoms. The number of morpholine rings is 1. The highest BCUT2D eigenvalue weighted by molar-refractivity contribution is 5.79. The Balaban J connectivity index is 1.80. The number of hydrogen-bond acceptors (Lipinski definition) is 3. The Kier molecular flexibility index (Phi) is 8.25. The average molecular weight is 368 g/mol. The van der Waals surface area contributed by atoms with Gasteiger partial charge in [0, 0.05) is 45.3 Å². The molecule has 0 saturated carbocycles. The lowest BCUT2D eigenvalue weighted by Crippen LogP contribution is -2.52. The van der Waals surface area contributed by atoms with E-state index in [2.05, 4.69) is 34.4 Å². The molecular weight excluding hydrogens is 338 g/mol. The van der Waals surface area contributed by atoms with Gasteiger partial charge in [-0.1, -0.05) is 19.9 Å². The molecule has 1 fully saturated rings. The molecular formula is C19H30F2N4O. The van der Waals surface area contributed by atoms with Gasteiger partial charge in [0.1, 0.15) is 11.6 Å². The molecule has 0 aliphatic carbocycles. The molecule has 0 spiro atoms. The maximum Gasteiger partial charge on any atom is 0.191 e. The van der Waals surface area contributed by atoms with E-state index < -0.39 is 11.6 Å². The minimum atomic E-state index is -0.556. The molecule has 1 aliphatic heterocycles. The van der Waals surface area contributed by atoms with Crippen molar-refractivity contribution in [1.82, 2.24) is 15.5 Å². The normalized spacial score (nSPS) is 17.4. The molecule has 1 aromatic rings. The summed E-state index contributed by atoms with van der Waals surface area (Å²) in [6, 6.07) is 4.07. The van der Waals surface area contributed by atoms with Crippen LogP contribution in [0.4, 0.5) is 8.78 Å². The predicted octanol–water partition coefficient (Wildman–Crippen LogP) is 2.03. The van der Waals surface area contributed by atoms with Crippen LogP contribution in [0.15, 0.2) is 23.2 Å². The minimum Gasteiger partial charge on any atom is -0.379 e. The highest BCUT2D eigenvalue weighted by Gasteiger charge is 2.23. The molecule has 5 nitrogen and oxygen atoms in total. The lowest BCUT2D eigenvalue weighted by atomic mass is 10.0. The van der Waals surface area contributed by atoms with Gasteiger partial charge in [-0.2, -0.15) is 0 Å². The third-order valence-corrected chi connectivity index (χ3v) is 4.69. The fourth-order valence-electron chi connectivity index (χ4n) is 3.16. The summed E-state index contributed by atoms with van der Waals surface area (Å²) in [6.45, 7) is 9.18. The van der Waals surface area contributed by atoms with E-state index in [0.29, 0.717) is 36.4 Å². The van der Waals surface area contributed by atoms with Crippen LogP contribution in [-0.2, 0) is 11.2 Å². The van der Waals surface area contributed by atoms with Crippen molar-refractivity contribution in [3.8, 4) is 0 Å². The van der Waals surface area contributed by atoms with Crippen molar-refractivity contribution in [3.63, 3.8) is 0 Å². The van der Waals surface area contributed by atoms with Crippen LogP contribution in [0.3, 0.4) is 0 Å². The van der Waals surface area contributed by atoms with Crippen LogP contribution in [0.5, 0.6) is 0 Å². The summed E-state index contributed by atoms with van der Waals surface area (Å²) >= 11 is 0. The number of rotatable bonds is 7. The average Bonchev–Trinajstić information content (AvgIpc) is 2.62. The molecule has 1 heterocycles. The summed E-state index contributed by atoms with van der Waals surface area (Å²) < 4.78 is 32.1. The van der Waals surface area contributed by atoms with Crippen LogP contribution < -0.4 is 10.6 Å². The van der Waals surface area contributed by atoms with Gasteiger partial charge in [0.05, 0.1) is 13.2 Å². The Morgan fingerprint density at radius 3 is 2.58 bits per heavy atom. The summed E-state index contributed by atoms with van der Waals surface area (Å²) in [5.41, 5.74) is 0.489. The van der Waals surface area contributed by atoms with Gasteiger partial charge in [-0.15, -0.1) is 0 Å². The zero-order chi connectivity index (χ0) is 18.9. The van der Waals surface area contributed by atoms with Crippen LogP contribution >= 0.6 is 0 Å². The summed E-state index contributed by atoms with van der Waals surface area (Å²) in [7, 11) is 1.72. The number of nitrogens with zero attached hydrogens (tertiary/aromatic N) is 2. The second kappa shape index (κ2) is 10.4. The van der Waals surface area contributed by atoms with Gasteiger partial charge in [0.15, 0.2) is 5.96 Å². The summed E-state index contributed by atoms with van der Waals surface area (Å²) in [5.74, 6) is 0.125. The maximum atomic E-state index is 13.7. The Morgan fingerprint density at radius 2 is 1.96 bits per heavy atom. The molecule has 1 aromatic carbocycles. The summed E-state index contributed by atoms with van der Waals surface area (Å²) in [5, 5.41) is 6.55. The molecule has 0 aromatic heterocycles. The van der Waals surface area contributed by atoms with Crippen LogP contribution in [0.1, 0.15) is 19.4 Å². The first-order valence-corrected chi connectivity index (χ1v) is 9.21. The Hall–Kier alpha value is -1.73. The zero-order valence-electron chi connectivity index (χ0n) is 15.9. The maximum absolute atomic E-state index is 13.7. The van der Waals surface area contributed by atoms with Crippen molar-refractivity contribution in [1.29, 1.82) is 0 Å². The van der Waals surface area contributed by atoms with Gasteiger partial charge in [-0.05, 0) is 24.0 Å². The molecule has 2 N–H and O–H groups in total. The second-order valence-electron chi connectivity index (χ2n) is 6.83. The first kappa shape index (κ1) is 20.6. The number of ether oxygens (including phenoxy) is 1. The number of halogens is 2. The van der Waals surface area contributed by atoms with Crippen molar-refractivity contribution in [2.24, 2.45) is 10.9 Å². The molecule has 0 amide bonds. The van der Waals surface area contributed by atoms with Crippen LogP contribution in [0.2, 0.25) is 0 Å². The quantitative estimate of drug-likeness (QED) is 0.571. The Bertz CT molecular complexity index is 589. The van der Waals surface area contributed by atoms with Crippen LogP contribution in [0.25, 0.3) is 0 Å². The monoisotopic (exact) mass is 368 g/mol. The Morgan fingerprint density at radius 1 is 1.23 bits per heavy atom. The lowest BCUT2D eigenvalue weighted by Gasteiger charge is -2.37. The van der Waals surface area contributed by atoms with Gasteiger partial charge in [0.25, 0.3) is 0 Å². The number of nitrogens with one attached hydrogen (secondary N) is 2. The smallest absolute Gasteiger partial charge is 0.191 e. The van der Waals surface area contributed by atoms with Crippen molar-refractivity contribution in [3.05, 3.63) is 35.4 Å². The topological polar surface area (TPSA) is 48.9 Å². The van der Waals surface area contributed by atoms with Crippen LogP contribution in [0, 0.1) is 17.6 Å². The van der Waals surface area contributed by atoms with Gasteiger partial charge in [-0.3, -0.25) is 9.89 Å². The molecule has 26 heavy (non-hydrogen) atoms. The van der Waals surface area contributed by atoms with Crippen molar-refractivity contribution in [2.45, 2.75) is 26.3 Å². The van der Waals surface area contributed by atoms with Crippen molar-refractivity contribution in [2.75, 3.05) is 46.4 Å². The molecule has 1 aliphatic rings. The predicted molar refractivity (Wildman–Crippen MR) is 100 cm³/mol. The van der Waals surface area contributed by atoms with E-state index in [1.165, 1.54) is 12.1 Å². The van der Waals surface area contributed by atoms with E-state index in [1.807, 2.05) is 0 Å². The zero-order valence-corrected chi connectivity index (χ0v) is 15.9. The largest absolute Gasteiger partial charge is 0.379 e. The number of aliphatic imine (C=N–C) groups is 1.